The number of ketones is 1. The van der Waals surface area contributed by atoms with Crippen LogP contribution in [0, 0.1) is 0 Å². The number of esters is 1. The van der Waals surface area contributed by atoms with Crippen molar-refractivity contribution in [1.82, 2.24) is 0 Å². The third-order valence-corrected chi connectivity index (χ3v) is 3.29. The highest BCUT2D eigenvalue weighted by atomic mass is 16.5. The molecule has 0 radical (unpaired) electrons. The van der Waals surface area contributed by atoms with E-state index in [1.807, 2.05) is 0 Å². The van der Waals surface area contributed by atoms with Crippen LogP contribution in [-0.4, -0.2) is 18.9 Å². The largest absolute Gasteiger partial charge is 0.497 e. The van der Waals surface area contributed by atoms with Gasteiger partial charge >= 0.3 is 5.97 Å². The van der Waals surface area contributed by atoms with Crippen LogP contribution in [0.5, 0.6) is 17.2 Å². The number of carbonyl (C=O) groups excluding carboxylic acids is 2. The molecule has 0 bridgehead atoms. The van der Waals surface area contributed by atoms with Crippen molar-refractivity contribution in [3.05, 3.63) is 59.4 Å². The van der Waals surface area contributed by atoms with Crippen molar-refractivity contribution in [2.75, 3.05) is 7.11 Å². The van der Waals surface area contributed by atoms with Gasteiger partial charge in [0.25, 0.3) is 0 Å². The van der Waals surface area contributed by atoms with Crippen LogP contribution < -0.4 is 14.2 Å². The SMILES string of the molecule is COc1ccc2c(c1)O/C(=C\c1cccc(OC(C)=O)c1)C2=O. The van der Waals surface area contributed by atoms with Gasteiger partial charge in [-0.3, -0.25) is 9.59 Å². The predicted octanol–water partition coefficient (Wildman–Crippen LogP) is 3.24. The van der Waals surface area contributed by atoms with E-state index in [0.717, 1.165) is 0 Å². The van der Waals surface area contributed by atoms with E-state index in [0.29, 0.717) is 28.4 Å². The van der Waals surface area contributed by atoms with Crippen LogP contribution in [0.15, 0.2) is 48.2 Å². The maximum atomic E-state index is 12.3. The lowest BCUT2D eigenvalue weighted by Gasteiger charge is -2.03. The molecule has 1 aliphatic heterocycles. The van der Waals surface area contributed by atoms with Crippen molar-refractivity contribution < 1.29 is 23.8 Å². The first-order chi connectivity index (χ1) is 11.1. The van der Waals surface area contributed by atoms with Crippen molar-refractivity contribution in [2.45, 2.75) is 6.92 Å². The molecule has 1 heterocycles. The van der Waals surface area contributed by atoms with Crippen LogP contribution in [0.25, 0.3) is 6.08 Å². The molecule has 116 valence electrons. The number of methoxy groups -OCH3 is 1. The van der Waals surface area contributed by atoms with Gasteiger partial charge in [-0.25, -0.2) is 0 Å². The Kier molecular flexibility index (Phi) is 3.85. The molecule has 1 aliphatic rings. The fraction of sp³-hybridized carbons (Fsp3) is 0.111. The molecular formula is C18H14O5. The highest BCUT2D eigenvalue weighted by Gasteiger charge is 2.27. The first kappa shape index (κ1) is 14.8. The Bertz CT molecular complexity index is 820. The van der Waals surface area contributed by atoms with Crippen LogP contribution in [0.4, 0.5) is 0 Å². The fourth-order valence-corrected chi connectivity index (χ4v) is 2.28. The third-order valence-electron chi connectivity index (χ3n) is 3.29. The summed E-state index contributed by atoms with van der Waals surface area (Å²) in [7, 11) is 1.55. The second kappa shape index (κ2) is 5.96. The number of carbonyl (C=O) groups is 2. The topological polar surface area (TPSA) is 61.8 Å². The molecular weight excluding hydrogens is 296 g/mol. The second-order valence-corrected chi connectivity index (χ2v) is 4.97. The van der Waals surface area contributed by atoms with E-state index in [1.165, 1.54) is 6.92 Å². The number of benzene rings is 2. The van der Waals surface area contributed by atoms with Crippen LogP contribution in [0.1, 0.15) is 22.8 Å². The van der Waals surface area contributed by atoms with Crippen LogP contribution >= 0.6 is 0 Å². The molecule has 0 atom stereocenters. The first-order valence-corrected chi connectivity index (χ1v) is 6.97. The lowest BCUT2D eigenvalue weighted by molar-refractivity contribution is -0.131. The highest BCUT2D eigenvalue weighted by molar-refractivity contribution is 6.14. The minimum absolute atomic E-state index is 0.194. The molecule has 0 fully saturated rings. The second-order valence-electron chi connectivity index (χ2n) is 4.97. The molecule has 0 aromatic heterocycles. The van der Waals surface area contributed by atoms with Crippen LogP contribution in [0.2, 0.25) is 0 Å². The average Bonchev–Trinajstić information content (AvgIpc) is 2.82. The summed E-state index contributed by atoms with van der Waals surface area (Å²) in [6, 6.07) is 11.9. The lowest BCUT2D eigenvalue weighted by atomic mass is 10.1. The summed E-state index contributed by atoms with van der Waals surface area (Å²) in [5, 5.41) is 0. The summed E-state index contributed by atoms with van der Waals surface area (Å²) in [6.07, 6.45) is 1.61. The monoisotopic (exact) mass is 310 g/mol. The van der Waals surface area contributed by atoms with Gasteiger partial charge in [-0.2, -0.15) is 0 Å². The number of hydrogen-bond acceptors (Lipinski definition) is 5. The molecule has 3 rings (SSSR count). The zero-order valence-corrected chi connectivity index (χ0v) is 12.7. The molecule has 0 spiro atoms. The molecule has 5 nitrogen and oxygen atoms in total. The Balaban J connectivity index is 1.90. The number of fused-ring (bicyclic) bond motifs is 1. The zero-order valence-electron chi connectivity index (χ0n) is 12.7. The molecule has 2 aromatic rings. The third kappa shape index (κ3) is 3.08. The van der Waals surface area contributed by atoms with E-state index in [2.05, 4.69) is 0 Å². The summed E-state index contributed by atoms with van der Waals surface area (Å²) in [6.45, 7) is 1.33. The molecule has 23 heavy (non-hydrogen) atoms. The van der Waals surface area contributed by atoms with E-state index < -0.39 is 5.97 Å². The standard InChI is InChI=1S/C18H14O5/c1-11(19)22-14-5-3-4-12(8-14)9-17-18(20)15-7-6-13(21-2)10-16(15)23-17/h3-10H,1-2H3/b17-9-. The molecule has 0 unspecified atom stereocenters. The highest BCUT2D eigenvalue weighted by Crippen LogP contribution is 2.34. The number of ether oxygens (including phenoxy) is 3. The van der Waals surface area contributed by atoms with Crippen molar-refractivity contribution >= 4 is 17.8 Å². The Morgan fingerprint density at radius 1 is 1.13 bits per heavy atom. The molecule has 2 aromatic carbocycles. The van der Waals surface area contributed by atoms with Crippen molar-refractivity contribution in [3.63, 3.8) is 0 Å². The number of rotatable bonds is 3. The van der Waals surface area contributed by atoms with E-state index in [4.69, 9.17) is 14.2 Å². The molecule has 5 heteroatoms. The van der Waals surface area contributed by atoms with Crippen molar-refractivity contribution in [1.29, 1.82) is 0 Å². The van der Waals surface area contributed by atoms with Crippen molar-refractivity contribution in [3.8, 4) is 17.2 Å². The van der Waals surface area contributed by atoms with E-state index in [-0.39, 0.29) is 11.5 Å². The average molecular weight is 310 g/mol. The van der Waals surface area contributed by atoms with Gasteiger partial charge < -0.3 is 14.2 Å². The Labute approximate surface area is 133 Å². The lowest BCUT2D eigenvalue weighted by Crippen LogP contribution is -2.01. The maximum absolute atomic E-state index is 12.3. The van der Waals surface area contributed by atoms with Crippen LogP contribution in [-0.2, 0) is 4.79 Å². The molecule has 0 aliphatic carbocycles. The Morgan fingerprint density at radius 2 is 1.96 bits per heavy atom. The number of allylic oxidation sites excluding steroid dienone is 1. The van der Waals surface area contributed by atoms with Gasteiger partial charge in [-0.15, -0.1) is 0 Å². The van der Waals surface area contributed by atoms with E-state index in [9.17, 15) is 9.59 Å². The van der Waals surface area contributed by atoms with Gasteiger partial charge in [-0.05, 0) is 35.9 Å². The summed E-state index contributed by atoms with van der Waals surface area (Å²) >= 11 is 0. The summed E-state index contributed by atoms with van der Waals surface area (Å²) in [4.78, 5) is 23.3. The molecule has 0 N–H and O–H groups in total. The van der Waals surface area contributed by atoms with E-state index >= 15 is 0 Å². The maximum Gasteiger partial charge on any atom is 0.308 e. The smallest absolute Gasteiger partial charge is 0.308 e. The summed E-state index contributed by atoms with van der Waals surface area (Å²) in [5.41, 5.74) is 1.19. The van der Waals surface area contributed by atoms with Gasteiger partial charge in [0.2, 0.25) is 5.78 Å². The Morgan fingerprint density at radius 3 is 2.70 bits per heavy atom. The van der Waals surface area contributed by atoms with E-state index in [1.54, 1.807) is 55.7 Å². The molecule has 0 saturated carbocycles. The molecule has 0 amide bonds. The Hall–Kier alpha value is -3.08. The first-order valence-electron chi connectivity index (χ1n) is 6.97. The minimum atomic E-state index is -0.400. The van der Waals surface area contributed by atoms with Gasteiger partial charge in [0.05, 0.1) is 12.7 Å². The summed E-state index contributed by atoms with van der Waals surface area (Å²) < 4.78 is 15.8. The van der Waals surface area contributed by atoms with Crippen molar-refractivity contribution in [2.24, 2.45) is 0 Å². The van der Waals surface area contributed by atoms with Crippen LogP contribution in [0.3, 0.4) is 0 Å². The fourth-order valence-electron chi connectivity index (χ4n) is 2.28. The van der Waals surface area contributed by atoms with Gasteiger partial charge in [0, 0.05) is 13.0 Å². The number of Topliss-reactive ketones (excluding diaryl/α,β-unsaturated/α-hetero) is 1. The summed E-state index contributed by atoms with van der Waals surface area (Å²) in [5.74, 6) is 1.12. The van der Waals surface area contributed by atoms with Gasteiger partial charge in [0.15, 0.2) is 5.76 Å². The quantitative estimate of drug-likeness (QED) is 0.495. The predicted molar refractivity (Wildman–Crippen MR) is 83.7 cm³/mol. The molecule has 0 saturated heterocycles. The van der Waals surface area contributed by atoms with Gasteiger partial charge in [-0.1, -0.05) is 12.1 Å². The normalized spacial score (nSPS) is 14.3. The van der Waals surface area contributed by atoms with Gasteiger partial charge in [0.1, 0.15) is 17.2 Å². The minimum Gasteiger partial charge on any atom is -0.497 e. The number of hydrogen-bond donors (Lipinski definition) is 0. The zero-order chi connectivity index (χ0) is 16.4.